The molecule has 5 rings (SSSR count). The minimum absolute atomic E-state index is 0.153. The summed E-state index contributed by atoms with van der Waals surface area (Å²) in [5, 5.41) is 0. The molecule has 148 valence electrons. The van der Waals surface area contributed by atoms with Crippen LogP contribution in [0.3, 0.4) is 0 Å². The van der Waals surface area contributed by atoms with E-state index in [4.69, 9.17) is 0 Å². The number of likely N-dealkylation sites (tertiary alicyclic amines) is 1. The van der Waals surface area contributed by atoms with Crippen molar-refractivity contribution in [3.8, 4) is 0 Å². The second kappa shape index (κ2) is 7.36. The van der Waals surface area contributed by atoms with Crippen LogP contribution >= 0.6 is 0 Å². The van der Waals surface area contributed by atoms with Crippen LogP contribution in [0, 0.1) is 11.8 Å². The first-order valence-corrected chi connectivity index (χ1v) is 10.7. The number of amides is 1. The van der Waals surface area contributed by atoms with Crippen molar-refractivity contribution in [2.75, 3.05) is 19.6 Å². The monoisotopic (exact) mass is 378 g/mol. The number of hydrogen-bond donors (Lipinski definition) is 0. The molecule has 4 heterocycles. The summed E-state index contributed by atoms with van der Waals surface area (Å²) >= 11 is 0. The molecule has 3 aliphatic heterocycles. The van der Waals surface area contributed by atoms with Gasteiger partial charge >= 0.3 is 0 Å². The van der Waals surface area contributed by atoms with Gasteiger partial charge in [-0.15, -0.1) is 0 Å². The fourth-order valence-electron chi connectivity index (χ4n) is 5.91. The standard InChI is InChI=1S/C23H30N4O/c1-25-16-24-12-22(25)23(28)26-13-18-10-19(15-26)21-9-5-8-20(27(21)14-18)11-17-6-3-2-4-7-17/h2-4,6-7,12,16,18-21H,5,8-11,13-15H2,1H3/t18-,19+,20+,21-/m0/s1. The molecule has 1 aromatic carbocycles. The number of imidazole rings is 1. The molecule has 28 heavy (non-hydrogen) atoms. The van der Waals surface area contributed by atoms with Crippen molar-refractivity contribution in [1.29, 1.82) is 0 Å². The summed E-state index contributed by atoms with van der Waals surface area (Å²) in [6.45, 7) is 2.94. The number of rotatable bonds is 3. The fourth-order valence-corrected chi connectivity index (χ4v) is 5.91. The minimum Gasteiger partial charge on any atom is -0.337 e. The molecule has 4 atom stereocenters. The molecule has 0 radical (unpaired) electrons. The molecule has 5 heteroatoms. The predicted molar refractivity (Wildman–Crippen MR) is 109 cm³/mol. The maximum Gasteiger partial charge on any atom is 0.272 e. The Morgan fingerprint density at radius 1 is 1.14 bits per heavy atom. The third-order valence-corrected chi connectivity index (χ3v) is 7.15. The third kappa shape index (κ3) is 3.26. The summed E-state index contributed by atoms with van der Waals surface area (Å²) in [5.74, 6) is 1.37. The highest BCUT2D eigenvalue weighted by Crippen LogP contribution is 2.40. The van der Waals surface area contributed by atoms with Gasteiger partial charge in [-0.2, -0.15) is 0 Å². The van der Waals surface area contributed by atoms with Gasteiger partial charge in [0.05, 0.1) is 12.5 Å². The van der Waals surface area contributed by atoms with Gasteiger partial charge in [-0.1, -0.05) is 36.8 Å². The van der Waals surface area contributed by atoms with Crippen LogP contribution in [0.5, 0.6) is 0 Å². The van der Waals surface area contributed by atoms with Crippen LogP contribution in [0.2, 0.25) is 0 Å². The van der Waals surface area contributed by atoms with Crippen LogP contribution in [0.15, 0.2) is 42.9 Å². The molecular formula is C23H30N4O. The van der Waals surface area contributed by atoms with Crippen molar-refractivity contribution in [2.24, 2.45) is 18.9 Å². The summed E-state index contributed by atoms with van der Waals surface area (Å²) in [6, 6.07) is 12.2. The van der Waals surface area contributed by atoms with E-state index in [1.165, 1.54) is 31.2 Å². The number of aromatic nitrogens is 2. The second-order valence-electron chi connectivity index (χ2n) is 9.00. The quantitative estimate of drug-likeness (QED) is 0.825. The predicted octanol–water partition coefficient (Wildman–Crippen LogP) is 2.98. The van der Waals surface area contributed by atoms with Gasteiger partial charge in [0.15, 0.2) is 0 Å². The van der Waals surface area contributed by atoms with Gasteiger partial charge in [0.2, 0.25) is 0 Å². The smallest absolute Gasteiger partial charge is 0.272 e. The van der Waals surface area contributed by atoms with Crippen molar-refractivity contribution < 1.29 is 4.79 Å². The van der Waals surface area contributed by atoms with Gasteiger partial charge in [-0.05, 0) is 43.1 Å². The van der Waals surface area contributed by atoms with E-state index in [9.17, 15) is 4.79 Å². The van der Waals surface area contributed by atoms with Crippen LogP contribution in [0.1, 0.15) is 41.7 Å². The van der Waals surface area contributed by atoms with Crippen LogP contribution in [0.25, 0.3) is 0 Å². The Bertz CT molecular complexity index is 832. The number of fused-ring (bicyclic) bond motifs is 4. The average Bonchev–Trinajstić information content (AvgIpc) is 3.14. The van der Waals surface area contributed by atoms with Crippen molar-refractivity contribution >= 4 is 5.91 Å². The van der Waals surface area contributed by atoms with E-state index in [-0.39, 0.29) is 5.91 Å². The molecule has 0 unspecified atom stereocenters. The van der Waals surface area contributed by atoms with Gasteiger partial charge in [-0.3, -0.25) is 9.69 Å². The van der Waals surface area contributed by atoms with E-state index in [2.05, 4.69) is 45.1 Å². The van der Waals surface area contributed by atoms with Gasteiger partial charge in [0.25, 0.3) is 5.91 Å². The lowest BCUT2D eigenvalue weighted by Gasteiger charge is -2.55. The Morgan fingerprint density at radius 3 is 2.79 bits per heavy atom. The Kier molecular flexibility index (Phi) is 4.71. The maximum atomic E-state index is 13.0. The number of piperidine rings is 3. The SMILES string of the molecule is Cn1cncc1C(=O)N1C[C@@H]2C[C@H](C1)[C@@H]1CCC[C@H](Cc3ccccc3)N1C2. The molecular weight excluding hydrogens is 348 g/mol. The lowest BCUT2D eigenvalue weighted by molar-refractivity contribution is -0.0500. The lowest BCUT2D eigenvalue weighted by atomic mass is 9.74. The minimum atomic E-state index is 0.153. The van der Waals surface area contributed by atoms with Crippen molar-refractivity contribution in [3.63, 3.8) is 0 Å². The first kappa shape index (κ1) is 17.9. The molecule has 1 amide bonds. The van der Waals surface area contributed by atoms with Crippen molar-refractivity contribution in [2.45, 2.75) is 44.2 Å². The summed E-state index contributed by atoms with van der Waals surface area (Å²) < 4.78 is 1.84. The second-order valence-corrected chi connectivity index (χ2v) is 9.00. The van der Waals surface area contributed by atoms with Gasteiger partial charge in [0.1, 0.15) is 5.69 Å². The molecule has 5 nitrogen and oxygen atoms in total. The molecule has 2 aromatic rings. The summed E-state index contributed by atoms with van der Waals surface area (Å²) in [6.07, 6.45) is 9.78. The molecule has 2 bridgehead atoms. The first-order valence-electron chi connectivity index (χ1n) is 10.7. The molecule has 0 aliphatic carbocycles. The molecule has 1 aromatic heterocycles. The van der Waals surface area contributed by atoms with Gasteiger partial charge in [0, 0.05) is 38.8 Å². The fraction of sp³-hybridized carbons (Fsp3) is 0.565. The number of nitrogens with zero attached hydrogens (tertiary/aromatic N) is 4. The average molecular weight is 379 g/mol. The highest BCUT2D eigenvalue weighted by Gasteiger charge is 2.45. The lowest BCUT2D eigenvalue weighted by Crippen LogP contribution is -2.62. The Balaban J connectivity index is 1.32. The van der Waals surface area contributed by atoms with Gasteiger partial charge in [-0.25, -0.2) is 4.98 Å². The summed E-state index contributed by atoms with van der Waals surface area (Å²) in [7, 11) is 1.90. The zero-order chi connectivity index (χ0) is 19.1. The van der Waals surface area contributed by atoms with E-state index in [0.29, 0.717) is 29.6 Å². The Labute approximate surface area is 167 Å². The van der Waals surface area contributed by atoms with Crippen LogP contribution in [0.4, 0.5) is 0 Å². The topological polar surface area (TPSA) is 41.4 Å². The van der Waals surface area contributed by atoms with E-state index >= 15 is 0 Å². The zero-order valence-corrected chi connectivity index (χ0v) is 16.7. The van der Waals surface area contributed by atoms with Crippen molar-refractivity contribution in [3.05, 3.63) is 54.1 Å². The Morgan fingerprint density at radius 2 is 2.00 bits per heavy atom. The van der Waals surface area contributed by atoms with Gasteiger partial charge < -0.3 is 9.47 Å². The largest absolute Gasteiger partial charge is 0.337 e. The molecule has 3 aliphatic rings. The van der Waals surface area contributed by atoms with Crippen LogP contribution < -0.4 is 0 Å². The Hall–Kier alpha value is -2.14. The maximum absolute atomic E-state index is 13.0. The van der Waals surface area contributed by atoms with E-state index in [1.54, 1.807) is 12.5 Å². The third-order valence-electron chi connectivity index (χ3n) is 7.15. The first-order chi connectivity index (χ1) is 13.7. The normalized spacial score (nSPS) is 30.1. The zero-order valence-electron chi connectivity index (χ0n) is 16.7. The number of aryl methyl sites for hydroxylation is 1. The molecule has 3 fully saturated rings. The summed E-state index contributed by atoms with van der Waals surface area (Å²) in [4.78, 5) is 22.1. The highest BCUT2D eigenvalue weighted by molar-refractivity contribution is 5.92. The van der Waals surface area contributed by atoms with Crippen LogP contribution in [-0.4, -0.2) is 57.0 Å². The number of carbonyl (C=O) groups is 1. The van der Waals surface area contributed by atoms with Crippen molar-refractivity contribution in [1.82, 2.24) is 19.4 Å². The van der Waals surface area contributed by atoms with Crippen LogP contribution in [-0.2, 0) is 13.5 Å². The number of benzene rings is 1. The van der Waals surface area contributed by atoms with E-state index < -0.39 is 0 Å². The molecule has 3 saturated heterocycles. The molecule has 0 spiro atoms. The number of hydrogen-bond acceptors (Lipinski definition) is 3. The summed E-state index contributed by atoms with van der Waals surface area (Å²) in [5.41, 5.74) is 2.17. The number of carbonyl (C=O) groups excluding carboxylic acids is 1. The molecule has 0 saturated carbocycles. The molecule has 0 N–H and O–H groups in total. The van der Waals surface area contributed by atoms with E-state index in [0.717, 1.165) is 26.1 Å². The highest BCUT2D eigenvalue weighted by atomic mass is 16.2. The van der Waals surface area contributed by atoms with E-state index in [1.807, 2.05) is 11.6 Å².